The van der Waals surface area contributed by atoms with Gasteiger partial charge in [-0.2, -0.15) is 0 Å². The van der Waals surface area contributed by atoms with Crippen LogP contribution in [-0.2, 0) is 4.79 Å². The number of nitrogens with zero attached hydrogens (tertiary/aromatic N) is 2. The second-order valence-electron chi connectivity index (χ2n) is 4.67. The van der Waals surface area contributed by atoms with Gasteiger partial charge in [0.05, 0.1) is 5.69 Å². The predicted molar refractivity (Wildman–Crippen MR) is 64.2 cm³/mol. The van der Waals surface area contributed by atoms with Crippen LogP contribution in [0.2, 0.25) is 0 Å². The molecule has 0 saturated carbocycles. The highest BCUT2D eigenvalue weighted by Crippen LogP contribution is 2.15. The molecule has 0 aliphatic rings. The molecule has 100 valence electrons. The molecule has 1 N–H and O–H groups in total. The fraction of sp³-hybridized carbons (Fsp3) is 0.583. The number of oxazole rings is 1. The molecule has 18 heavy (non-hydrogen) atoms. The van der Waals surface area contributed by atoms with Gasteiger partial charge in [-0.3, -0.25) is 4.79 Å². The highest BCUT2D eigenvalue weighted by atomic mass is 16.4. The Balaban J connectivity index is 2.90. The lowest BCUT2D eigenvalue weighted by atomic mass is 10.0. The van der Waals surface area contributed by atoms with E-state index in [9.17, 15) is 9.59 Å². The fourth-order valence-electron chi connectivity index (χ4n) is 1.68. The zero-order chi connectivity index (χ0) is 13.9. The van der Waals surface area contributed by atoms with Gasteiger partial charge in [0.25, 0.3) is 5.91 Å². The Morgan fingerprint density at radius 3 is 2.50 bits per heavy atom. The molecule has 1 rings (SSSR count). The van der Waals surface area contributed by atoms with Crippen LogP contribution >= 0.6 is 0 Å². The van der Waals surface area contributed by atoms with Gasteiger partial charge in [0, 0.05) is 7.05 Å². The molecule has 0 saturated heterocycles. The zero-order valence-corrected chi connectivity index (χ0v) is 11.0. The van der Waals surface area contributed by atoms with Crippen LogP contribution in [0.15, 0.2) is 10.8 Å². The van der Waals surface area contributed by atoms with Crippen LogP contribution in [0.4, 0.5) is 0 Å². The van der Waals surface area contributed by atoms with E-state index in [0.717, 1.165) is 0 Å². The van der Waals surface area contributed by atoms with Crippen molar-refractivity contribution in [2.45, 2.75) is 33.2 Å². The number of hydrogen-bond donors (Lipinski definition) is 1. The van der Waals surface area contributed by atoms with Crippen molar-refractivity contribution < 1.29 is 19.1 Å². The second-order valence-corrected chi connectivity index (χ2v) is 4.67. The molecule has 0 aliphatic heterocycles. The average Bonchev–Trinajstić information content (AvgIpc) is 2.69. The highest BCUT2D eigenvalue weighted by molar-refractivity contribution is 5.94. The Labute approximate surface area is 106 Å². The Morgan fingerprint density at radius 1 is 1.50 bits per heavy atom. The highest BCUT2D eigenvalue weighted by Gasteiger charge is 2.30. The van der Waals surface area contributed by atoms with Gasteiger partial charge in [0.1, 0.15) is 6.04 Å². The van der Waals surface area contributed by atoms with Gasteiger partial charge < -0.3 is 14.4 Å². The third-order valence-corrected chi connectivity index (χ3v) is 2.71. The number of aliphatic carboxylic acids is 1. The molecular formula is C12H18N2O4. The Bertz CT molecular complexity index is 439. The van der Waals surface area contributed by atoms with E-state index in [4.69, 9.17) is 9.52 Å². The minimum atomic E-state index is -1.02. The number of hydrogen-bond acceptors (Lipinski definition) is 4. The molecule has 6 heteroatoms. The summed E-state index contributed by atoms with van der Waals surface area (Å²) in [5, 5.41) is 9.17. The van der Waals surface area contributed by atoms with Crippen LogP contribution in [0.1, 0.15) is 36.5 Å². The second kappa shape index (κ2) is 5.66. The summed E-state index contributed by atoms with van der Waals surface area (Å²) in [5.74, 6) is -1.21. The molecule has 1 unspecified atom stereocenters. The average molecular weight is 254 g/mol. The van der Waals surface area contributed by atoms with Crippen molar-refractivity contribution in [1.29, 1.82) is 0 Å². The molecule has 1 amide bonds. The maximum Gasteiger partial charge on any atom is 0.326 e. The van der Waals surface area contributed by atoms with E-state index in [2.05, 4.69) is 4.98 Å². The first-order chi connectivity index (χ1) is 8.34. The molecule has 0 fully saturated rings. The molecule has 1 heterocycles. The number of likely N-dealkylation sites (N-methyl/N-ethyl adjacent to an activating group) is 1. The third-order valence-electron chi connectivity index (χ3n) is 2.71. The van der Waals surface area contributed by atoms with Crippen molar-refractivity contribution in [2.75, 3.05) is 7.05 Å². The largest absolute Gasteiger partial charge is 0.480 e. The summed E-state index contributed by atoms with van der Waals surface area (Å²) in [7, 11) is 1.46. The van der Waals surface area contributed by atoms with E-state index >= 15 is 0 Å². The normalized spacial score (nSPS) is 12.5. The topological polar surface area (TPSA) is 83.6 Å². The van der Waals surface area contributed by atoms with Crippen LogP contribution in [0.5, 0.6) is 0 Å². The van der Waals surface area contributed by atoms with Gasteiger partial charge in [0.2, 0.25) is 5.76 Å². The molecule has 0 bridgehead atoms. The van der Waals surface area contributed by atoms with Gasteiger partial charge in [-0.15, -0.1) is 0 Å². The van der Waals surface area contributed by atoms with Crippen LogP contribution in [0, 0.1) is 12.8 Å². The predicted octanol–water partition coefficient (Wildman–Crippen LogP) is 1.55. The SMILES string of the molecule is Cc1ncoc1C(=O)N(C)C(CC(C)C)C(=O)O. The first-order valence-corrected chi connectivity index (χ1v) is 5.74. The van der Waals surface area contributed by atoms with E-state index in [1.165, 1.54) is 18.3 Å². The first-order valence-electron chi connectivity index (χ1n) is 5.74. The van der Waals surface area contributed by atoms with Crippen LogP contribution in [0.3, 0.4) is 0 Å². The smallest absolute Gasteiger partial charge is 0.326 e. The van der Waals surface area contributed by atoms with E-state index in [1.54, 1.807) is 6.92 Å². The Hall–Kier alpha value is -1.85. The molecule has 6 nitrogen and oxygen atoms in total. The lowest BCUT2D eigenvalue weighted by molar-refractivity contribution is -0.142. The Kier molecular flexibility index (Phi) is 4.47. The number of carboxylic acids is 1. The molecule has 1 aromatic rings. The van der Waals surface area contributed by atoms with E-state index in [-0.39, 0.29) is 11.7 Å². The maximum absolute atomic E-state index is 12.1. The minimum Gasteiger partial charge on any atom is -0.480 e. The summed E-state index contributed by atoms with van der Waals surface area (Å²) in [5.41, 5.74) is 0.459. The van der Waals surface area contributed by atoms with E-state index in [0.29, 0.717) is 12.1 Å². The summed E-state index contributed by atoms with van der Waals surface area (Å²) in [6.07, 6.45) is 1.57. The van der Waals surface area contributed by atoms with Gasteiger partial charge in [-0.1, -0.05) is 13.8 Å². The molecule has 0 spiro atoms. The van der Waals surface area contributed by atoms with Gasteiger partial charge in [0.15, 0.2) is 6.39 Å². The summed E-state index contributed by atoms with van der Waals surface area (Å²) < 4.78 is 4.99. The van der Waals surface area contributed by atoms with Gasteiger partial charge in [-0.25, -0.2) is 9.78 Å². The van der Waals surface area contributed by atoms with Gasteiger partial charge >= 0.3 is 5.97 Å². The van der Waals surface area contributed by atoms with Crippen molar-refractivity contribution in [2.24, 2.45) is 5.92 Å². The number of amides is 1. The van der Waals surface area contributed by atoms with Crippen molar-refractivity contribution >= 4 is 11.9 Å². The minimum absolute atomic E-state index is 0.0903. The van der Waals surface area contributed by atoms with Crippen LogP contribution in [-0.4, -0.2) is 40.0 Å². The lowest BCUT2D eigenvalue weighted by Gasteiger charge is -2.25. The summed E-state index contributed by atoms with van der Waals surface area (Å²) in [6, 6.07) is -0.859. The number of rotatable bonds is 5. The molecule has 0 aliphatic carbocycles. The third kappa shape index (κ3) is 3.09. The maximum atomic E-state index is 12.1. The monoisotopic (exact) mass is 254 g/mol. The van der Waals surface area contributed by atoms with Gasteiger partial charge in [-0.05, 0) is 19.3 Å². The lowest BCUT2D eigenvalue weighted by Crippen LogP contribution is -2.43. The van der Waals surface area contributed by atoms with Crippen molar-refractivity contribution in [3.05, 3.63) is 17.8 Å². The standard InChI is InChI=1S/C12H18N2O4/c1-7(2)5-9(12(16)17)14(4)11(15)10-8(3)13-6-18-10/h6-7,9H,5H2,1-4H3,(H,16,17). The molecule has 0 radical (unpaired) electrons. The summed E-state index contributed by atoms with van der Waals surface area (Å²) >= 11 is 0. The van der Waals surface area contributed by atoms with Crippen LogP contribution in [0.25, 0.3) is 0 Å². The number of carbonyl (C=O) groups is 2. The van der Waals surface area contributed by atoms with Crippen LogP contribution < -0.4 is 0 Å². The summed E-state index contributed by atoms with van der Waals surface area (Å²) in [6.45, 7) is 5.46. The quantitative estimate of drug-likeness (QED) is 0.861. The Morgan fingerprint density at radius 2 is 2.11 bits per heavy atom. The van der Waals surface area contributed by atoms with Crippen molar-refractivity contribution in [1.82, 2.24) is 9.88 Å². The molecule has 0 aromatic carbocycles. The van der Waals surface area contributed by atoms with E-state index in [1.807, 2.05) is 13.8 Å². The van der Waals surface area contributed by atoms with Crippen molar-refractivity contribution in [3.8, 4) is 0 Å². The number of aromatic nitrogens is 1. The zero-order valence-electron chi connectivity index (χ0n) is 11.0. The number of aryl methyl sites for hydroxylation is 1. The molecule has 1 atom stereocenters. The summed E-state index contributed by atoms with van der Waals surface area (Å²) in [4.78, 5) is 28.3. The number of carbonyl (C=O) groups excluding carboxylic acids is 1. The number of carboxylic acid groups (broad SMARTS) is 1. The van der Waals surface area contributed by atoms with Crippen molar-refractivity contribution in [3.63, 3.8) is 0 Å². The molecule has 1 aromatic heterocycles. The first kappa shape index (κ1) is 14.2. The fourth-order valence-corrected chi connectivity index (χ4v) is 1.68. The molecular weight excluding hydrogens is 236 g/mol. The van der Waals surface area contributed by atoms with E-state index < -0.39 is 17.9 Å².